The Hall–Kier alpha value is -1.43. The normalized spacial score (nSPS) is 13.9. The number of carbonyl (C=O) groups is 1. The summed E-state index contributed by atoms with van der Waals surface area (Å²) in [4.78, 5) is 11.9. The molecule has 0 saturated carbocycles. The number of rotatable bonds is 7. The van der Waals surface area contributed by atoms with Crippen LogP contribution >= 0.6 is 0 Å². The van der Waals surface area contributed by atoms with E-state index in [9.17, 15) is 4.79 Å². The van der Waals surface area contributed by atoms with E-state index in [0.717, 1.165) is 11.3 Å². The predicted molar refractivity (Wildman–Crippen MR) is 74.8 cm³/mol. The van der Waals surface area contributed by atoms with Gasteiger partial charge in [-0.15, -0.1) is 0 Å². The molecule has 2 unspecified atom stereocenters. The van der Waals surface area contributed by atoms with E-state index in [0.29, 0.717) is 13.2 Å². The van der Waals surface area contributed by atoms with Gasteiger partial charge >= 0.3 is 0 Å². The fourth-order valence-corrected chi connectivity index (χ4v) is 1.65. The van der Waals surface area contributed by atoms with Gasteiger partial charge in [0, 0.05) is 19.3 Å². The molecule has 1 amide bonds. The number of benzene rings is 1. The summed E-state index contributed by atoms with van der Waals surface area (Å²) < 4.78 is 10.5. The zero-order valence-electron chi connectivity index (χ0n) is 11.7. The first-order chi connectivity index (χ1) is 9.06. The monoisotopic (exact) mass is 266 g/mol. The van der Waals surface area contributed by atoms with Crippen LogP contribution in [0.25, 0.3) is 0 Å². The van der Waals surface area contributed by atoms with Crippen molar-refractivity contribution in [1.82, 2.24) is 0 Å². The van der Waals surface area contributed by atoms with E-state index in [1.54, 1.807) is 14.0 Å². The third-order valence-electron chi connectivity index (χ3n) is 2.66. The fourth-order valence-electron chi connectivity index (χ4n) is 1.65. The maximum atomic E-state index is 11.9. The Bertz CT molecular complexity index is 392. The van der Waals surface area contributed by atoms with E-state index in [2.05, 4.69) is 5.32 Å². The second-order valence-electron chi connectivity index (χ2n) is 4.43. The summed E-state index contributed by atoms with van der Waals surface area (Å²) in [5.74, 6) is -0.177. The zero-order chi connectivity index (χ0) is 14.3. The van der Waals surface area contributed by atoms with Crippen molar-refractivity contribution in [2.24, 2.45) is 5.73 Å². The molecule has 106 valence electrons. The summed E-state index contributed by atoms with van der Waals surface area (Å²) in [5, 5.41) is 2.79. The molecule has 0 radical (unpaired) electrons. The minimum atomic E-state index is -0.528. The van der Waals surface area contributed by atoms with Crippen LogP contribution in [-0.2, 0) is 20.8 Å². The lowest BCUT2D eigenvalue weighted by molar-refractivity contribution is -0.131. The summed E-state index contributed by atoms with van der Waals surface area (Å²) in [5.41, 5.74) is 7.27. The first-order valence-corrected chi connectivity index (χ1v) is 6.31. The van der Waals surface area contributed by atoms with Crippen LogP contribution in [0.2, 0.25) is 0 Å². The summed E-state index contributed by atoms with van der Waals surface area (Å²) in [7, 11) is 1.60. The molecule has 5 nitrogen and oxygen atoms in total. The number of anilines is 1. The van der Waals surface area contributed by atoms with Crippen molar-refractivity contribution < 1.29 is 14.3 Å². The number of methoxy groups -OCH3 is 1. The van der Waals surface area contributed by atoms with Gasteiger partial charge in [0.05, 0.1) is 12.7 Å². The van der Waals surface area contributed by atoms with Crippen LogP contribution in [-0.4, -0.2) is 31.8 Å². The molecular formula is C14H22N2O3. The number of nitrogens with two attached hydrogens (primary N) is 1. The molecule has 0 bridgehead atoms. The first kappa shape index (κ1) is 15.6. The minimum Gasteiger partial charge on any atom is -0.382 e. The Morgan fingerprint density at radius 2 is 1.95 bits per heavy atom. The maximum absolute atomic E-state index is 11.9. The number of amides is 1. The van der Waals surface area contributed by atoms with E-state index in [1.807, 2.05) is 31.2 Å². The molecule has 5 heteroatoms. The lowest BCUT2D eigenvalue weighted by atomic mass is 10.2. The summed E-state index contributed by atoms with van der Waals surface area (Å²) in [6.07, 6.45) is -0.648. The molecule has 0 heterocycles. The van der Waals surface area contributed by atoms with Crippen LogP contribution in [0.4, 0.5) is 5.69 Å². The number of ether oxygens (including phenoxy) is 2. The zero-order valence-corrected chi connectivity index (χ0v) is 11.7. The molecule has 0 aliphatic rings. The SMILES string of the molecule is COCC(C)OC(C)C(=O)Nc1ccc(CN)cc1. The van der Waals surface area contributed by atoms with Crippen molar-refractivity contribution in [1.29, 1.82) is 0 Å². The molecule has 0 spiro atoms. The highest BCUT2D eigenvalue weighted by Crippen LogP contribution is 2.10. The van der Waals surface area contributed by atoms with Gasteiger partial charge in [-0.2, -0.15) is 0 Å². The third kappa shape index (κ3) is 5.38. The van der Waals surface area contributed by atoms with Crippen LogP contribution in [0.5, 0.6) is 0 Å². The van der Waals surface area contributed by atoms with E-state index in [1.165, 1.54) is 0 Å². The molecule has 1 aromatic carbocycles. The average molecular weight is 266 g/mol. The molecule has 19 heavy (non-hydrogen) atoms. The van der Waals surface area contributed by atoms with Crippen molar-refractivity contribution >= 4 is 11.6 Å². The molecule has 0 aliphatic carbocycles. The highest BCUT2D eigenvalue weighted by atomic mass is 16.5. The van der Waals surface area contributed by atoms with E-state index in [4.69, 9.17) is 15.2 Å². The third-order valence-corrected chi connectivity index (χ3v) is 2.66. The molecule has 3 N–H and O–H groups in total. The quantitative estimate of drug-likeness (QED) is 0.785. The van der Waals surface area contributed by atoms with Crippen molar-refractivity contribution in [3.8, 4) is 0 Å². The van der Waals surface area contributed by atoms with Gasteiger partial charge in [0.25, 0.3) is 5.91 Å². The number of nitrogens with one attached hydrogen (secondary N) is 1. The largest absolute Gasteiger partial charge is 0.382 e. The van der Waals surface area contributed by atoms with Crippen molar-refractivity contribution in [3.63, 3.8) is 0 Å². The molecular weight excluding hydrogens is 244 g/mol. The van der Waals surface area contributed by atoms with Gasteiger partial charge in [0.15, 0.2) is 0 Å². The summed E-state index contributed by atoms with van der Waals surface area (Å²) in [6, 6.07) is 7.42. The van der Waals surface area contributed by atoms with E-state index >= 15 is 0 Å². The Morgan fingerprint density at radius 1 is 1.32 bits per heavy atom. The molecule has 0 saturated heterocycles. The number of hydrogen-bond acceptors (Lipinski definition) is 4. The van der Waals surface area contributed by atoms with Gasteiger partial charge in [0.2, 0.25) is 0 Å². The molecule has 1 aromatic rings. The Morgan fingerprint density at radius 3 is 2.47 bits per heavy atom. The van der Waals surface area contributed by atoms with Gasteiger partial charge in [-0.25, -0.2) is 0 Å². The van der Waals surface area contributed by atoms with Gasteiger partial charge in [-0.05, 0) is 31.5 Å². The highest BCUT2D eigenvalue weighted by Gasteiger charge is 2.16. The van der Waals surface area contributed by atoms with Crippen LogP contribution in [0, 0.1) is 0 Å². The van der Waals surface area contributed by atoms with Gasteiger partial charge in [-0.1, -0.05) is 12.1 Å². The van der Waals surface area contributed by atoms with E-state index < -0.39 is 6.10 Å². The predicted octanol–water partition coefficient (Wildman–Crippen LogP) is 1.52. The van der Waals surface area contributed by atoms with Gasteiger partial charge < -0.3 is 20.5 Å². The van der Waals surface area contributed by atoms with Crippen molar-refractivity contribution in [2.45, 2.75) is 32.6 Å². The standard InChI is InChI=1S/C14H22N2O3/c1-10(9-18-3)19-11(2)14(17)16-13-6-4-12(8-15)5-7-13/h4-7,10-11H,8-9,15H2,1-3H3,(H,16,17). The topological polar surface area (TPSA) is 73.6 Å². The second-order valence-corrected chi connectivity index (χ2v) is 4.43. The van der Waals surface area contributed by atoms with E-state index in [-0.39, 0.29) is 12.0 Å². The summed E-state index contributed by atoms with van der Waals surface area (Å²) >= 11 is 0. The van der Waals surface area contributed by atoms with Gasteiger partial charge in [0.1, 0.15) is 6.10 Å². The van der Waals surface area contributed by atoms with Crippen LogP contribution in [0.1, 0.15) is 19.4 Å². The number of carbonyl (C=O) groups excluding carboxylic acids is 1. The molecule has 0 aromatic heterocycles. The summed E-state index contributed by atoms with van der Waals surface area (Å²) in [6.45, 7) is 4.53. The molecule has 0 fully saturated rings. The minimum absolute atomic E-state index is 0.120. The number of hydrogen-bond donors (Lipinski definition) is 2. The Kier molecular flexibility index (Phi) is 6.49. The average Bonchev–Trinajstić information content (AvgIpc) is 2.39. The van der Waals surface area contributed by atoms with Crippen LogP contribution in [0.15, 0.2) is 24.3 Å². The van der Waals surface area contributed by atoms with Crippen LogP contribution < -0.4 is 11.1 Å². The van der Waals surface area contributed by atoms with Gasteiger partial charge in [-0.3, -0.25) is 4.79 Å². The highest BCUT2D eigenvalue weighted by molar-refractivity contribution is 5.93. The molecule has 2 atom stereocenters. The van der Waals surface area contributed by atoms with Crippen molar-refractivity contribution in [2.75, 3.05) is 19.0 Å². The second kappa shape index (κ2) is 7.89. The molecule has 1 rings (SSSR count). The molecule has 0 aliphatic heterocycles. The van der Waals surface area contributed by atoms with Crippen molar-refractivity contribution in [3.05, 3.63) is 29.8 Å². The lowest BCUT2D eigenvalue weighted by Gasteiger charge is -2.18. The maximum Gasteiger partial charge on any atom is 0.253 e. The van der Waals surface area contributed by atoms with Crippen LogP contribution in [0.3, 0.4) is 0 Å². The smallest absolute Gasteiger partial charge is 0.253 e. The lowest BCUT2D eigenvalue weighted by Crippen LogP contribution is -2.32. The first-order valence-electron chi connectivity index (χ1n) is 6.31. The fraction of sp³-hybridized carbons (Fsp3) is 0.500. The Balaban J connectivity index is 2.48. The Labute approximate surface area is 114 Å².